The number of hydrogen-bond donors (Lipinski definition) is 0. The molecule has 0 heterocycles. The van der Waals surface area contributed by atoms with Crippen molar-refractivity contribution < 1.29 is 16.6 Å². The van der Waals surface area contributed by atoms with Gasteiger partial charge in [-0.1, -0.05) is 0 Å². The van der Waals surface area contributed by atoms with Crippen LogP contribution in [0.15, 0.2) is 0 Å². The molecule has 0 spiro atoms. The molecule has 0 aromatic carbocycles. The zero-order valence-electron chi connectivity index (χ0n) is 2.23. The van der Waals surface area contributed by atoms with Crippen molar-refractivity contribution in [2.75, 3.05) is 0 Å². The van der Waals surface area contributed by atoms with Crippen LogP contribution in [0.5, 0.6) is 0 Å². The molecule has 0 aliphatic heterocycles. The van der Waals surface area contributed by atoms with Crippen molar-refractivity contribution in [1.82, 2.24) is 0 Å². The van der Waals surface area contributed by atoms with E-state index in [4.69, 9.17) is 0 Å². The van der Waals surface area contributed by atoms with Gasteiger partial charge in [0.2, 0.25) is 0 Å². The molecule has 0 radical (unpaired) electrons. The Kier molecular flexibility index (Phi) is 51.2. The first-order valence-corrected chi connectivity index (χ1v) is 9.00. The minimum absolute atomic E-state index is 0.958. The third-order valence-electron chi connectivity index (χ3n) is 0. The van der Waals surface area contributed by atoms with Crippen molar-refractivity contribution in [3.63, 3.8) is 0 Å². The number of rotatable bonds is 0. The van der Waals surface area contributed by atoms with Crippen molar-refractivity contribution in [1.29, 1.82) is 0 Å². The fourth-order valence-electron chi connectivity index (χ4n) is 0. The van der Waals surface area contributed by atoms with E-state index >= 15 is 0 Å². The summed E-state index contributed by atoms with van der Waals surface area (Å²) in [6, 6.07) is 0. The molecule has 0 aromatic heterocycles. The Morgan fingerprint density at radius 2 is 1.25 bits per heavy atom. The van der Waals surface area contributed by atoms with Gasteiger partial charge in [-0.25, -0.2) is 0 Å². The van der Waals surface area contributed by atoms with Crippen molar-refractivity contribution in [3.05, 3.63) is 0 Å². The summed E-state index contributed by atoms with van der Waals surface area (Å²) in [6.45, 7) is 0. The average molecular weight is 200 g/mol. The Hall–Kier alpha value is 1.70. The van der Waals surface area contributed by atoms with Crippen LogP contribution in [0.25, 0.3) is 0 Å². The fourth-order valence-corrected chi connectivity index (χ4v) is 0. The zero-order valence-corrected chi connectivity index (χ0v) is 9.80. The molecular formula is HGaS2Zn. The summed E-state index contributed by atoms with van der Waals surface area (Å²) in [4.78, 5) is 0. The molecule has 0 saturated carbocycles. The van der Waals surface area contributed by atoms with Crippen LogP contribution in [0.1, 0.15) is 0 Å². The van der Waals surface area contributed by atoms with Crippen LogP contribution in [0.2, 0.25) is 0 Å². The molecule has 4 heavy (non-hydrogen) atoms. The molecule has 0 N–H and O–H groups in total. The second-order valence-electron chi connectivity index (χ2n) is 0. The molecule has 0 rings (SSSR count). The van der Waals surface area contributed by atoms with E-state index < -0.39 is 0 Å². The van der Waals surface area contributed by atoms with Crippen LogP contribution >= 0.6 is 20.2 Å². The Morgan fingerprint density at radius 3 is 1.25 bits per heavy atom. The fraction of sp³-hybridized carbons (Fsp3) is 0. The van der Waals surface area contributed by atoms with E-state index in [2.05, 4.69) is 20.2 Å². The Bertz CT molecular complexity index is 8.00. The molecule has 0 bridgehead atoms. The van der Waals surface area contributed by atoms with Crippen LogP contribution < -0.4 is 0 Å². The zero-order chi connectivity index (χ0) is 4.00. The Labute approximate surface area is 53.1 Å². The van der Waals surface area contributed by atoms with Gasteiger partial charge < -0.3 is 0 Å². The minimum atomic E-state index is 0.958. The van der Waals surface area contributed by atoms with E-state index in [0.717, 1.165) is 33.4 Å². The molecule has 0 nitrogen and oxygen atoms in total. The molecule has 0 fully saturated rings. The quantitative estimate of drug-likeness (QED) is 0.526. The number of hydrogen-bond acceptors (Lipinski definition) is 2. The van der Waals surface area contributed by atoms with Gasteiger partial charge in [0, 0.05) is 0 Å². The van der Waals surface area contributed by atoms with Crippen LogP contribution in [-0.2, 0) is 16.6 Å². The maximum atomic E-state index is 4.21. The molecule has 4 heteroatoms. The standard InChI is InChI=1S/Ga.2S.Zn.H. The molecule has 18 valence electrons. The van der Waals surface area contributed by atoms with Gasteiger partial charge in [0.15, 0.2) is 0 Å². The molecule has 0 aliphatic carbocycles. The van der Waals surface area contributed by atoms with Crippen LogP contribution in [-0.4, -0.2) is 16.8 Å². The molecule has 0 aromatic rings. The third kappa shape index (κ3) is 9.33. The Morgan fingerprint density at radius 1 is 1.25 bits per heavy atom. The summed E-state index contributed by atoms with van der Waals surface area (Å²) in [5.41, 5.74) is 0. The molecule has 0 saturated heterocycles. The van der Waals surface area contributed by atoms with Crippen LogP contribution in [0, 0.1) is 0 Å². The van der Waals surface area contributed by atoms with Gasteiger partial charge in [0.05, 0.1) is 0 Å². The summed E-state index contributed by atoms with van der Waals surface area (Å²) >= 11 is 1.92. The molecular weight excluding hydrogens is 199 g/mol. The van der Waals surface area contributed by atoms with Gasteiger partial charge in [-0.15, -0.1) is 0 Å². The second kappa shape index (κ2) is 22.3. The maximum absolute atomic E-state index is 4.21. The van der Waals surface area contributed by atoms with Crippen molar-refractivity contribution in [2.24, 2.45) is 0 Å². The first-order chi connectivity index (χ1) is 2.00. The predicted octanol–water partition coefficient (Wildman–Crippen LogP) is 0.645. The average Bonchev–Trinajstić information content (AvgIpc) is 1.50. The van der Waals surface area contributed by atoms with Crippen molar-refractivity contribution >= 4 is 37.0 Å². The molecule has 0 aliphatic rings. The normalized spacial score (nSPS) is 2.25. The van der Waals surface area contributed by atoms with Gasteiger partial charge in [-0.05, 0) is 0 Å². The van der Waals surface area contributed by atoms with Crippen LogP contribution in [0.4, 0.5) is 0 Å². The van der Waals surface area contributed by atoms with Gasteiger partial charge in [0.1, 0.15) is 0 Å². The summed E-state index contributed by atoms with van der Waals surface area (Å²) in [5, 5.41) is 0. The first-order valence-electron chi connectivity index (χ1n) is 0.577. The van der Waals surface area contributed by atoms with Gasteiger partial charge >= 0.3 is 53.6 Å². The van der Waals surface area contributed by atoms with E-state index in [0.29, 0.717) is 0 Å². The van der Waals surface area contributed by atoms with Crippen molar-refractivity contribution in [2.45, 2.75) is 0 Å². The van der Waals surface area contributed by atoms with Gasteiger partial charge in [0.25, 0.3) is 0 Å². The molecule has 0 atom stereocenters. The van der Waals surface area contributed by atoms with E-state index in [1.54, 1.807) is 0 Å². The monoisotopic (exact) mass is 198 g/mol. The second-order valence-corrected chi connectivity index (χ2v) is 0. The van der Waals surface area contributed by atoms with Crippen LogP contribution in [0.3, 0.4) is 0 Å². The van der Waals surface area contributed by atoms with E-state index in [9.17, 15) is 0 Å². The topological polar surface area (TPSA) is 0 Å². The first kappa shape index (κ1) is 9.20. The van der Waals surface area contributed by atoms with E-state index in [-0.39, 0.29) is 0 Å². The summed E-state index contributed by atoms with van der Waals surface area (Å²) < 4.78 is 0. The van der Waals surface area contributed by atoms with E-state index in [1.165, 1.54) is 0 Å². The third-order valence-corrected chi connectivity index (χ3v) is 0. The van der Waals surface area contributed by atoms with Crippen molar-refractivity contribution in [3.8, 4) is 0 Å². The predicted molar refractivity (Wildman–Crippen MR) is 22.3 cm³/mol. The Balaban J connectivity index is 0. The summed E-state index contributed by atoms with van der Waals surface area (Å²) in [6.07, 6.45) is 0. The summed E-state index contributed by atoms with van der Waals surface area (Å²) in [7, 11) is 8.42. The van der Waals surface area contributed by atoms with Gasteiger partial charge in [-0.2, -0.15) is 0 Å². The summed E-state index contributed by atoms with van der Waals surface area (Å²) in [5.74, 6) is 0. The van der Waals surface area contributed by atoms with E-state index in [1.807, 2.05) is 0 Å². The molecule has 0 amide bonds. The SMILES string of the molecule is [S]=[GaH].[S]=[Zn]. The van der Waals surface area contributed by atoms with Gasteiger partial charge in [-0.3, -0.25) is 0 Å². The molecule has 0 unspecified atom stereocenters.